The molecule has 1 heterocycles. The summed E-state index contributed by atoms with van der Waals surface area (Å²) in [6.45, 7) is 2.26. The van der Waals surface area contributed by atoms with Gasteiger partial charge in [-0.15, -0.1) is 12.4 Å². The zero-order valence-corrected chi connectivity index (χ0v) is 24.1. The summed E-state index contributed by atoms with van der Waals surface area (Å²) in [5.41, 5.74) is 7.46. The molecule has 0 aliphatic carbocycles. The minimum atomic E-state index is -0.0503. The van der Waals surface area contributed by atoms with E-state index in [9.17, 15) is 4.79 Å². The van der Waals surface area contributed by atoms with Gasteiger partial charge in [0.25, 0.3) is 5.91 Å². The third-order valence-corrected chi connectivity index (χ3v) is 6.56. The highest BCUT2D eigenvalue weighted by Crippen LogP contribution is 2.34. The van der Waals surface area contributed by atoms with Gasteiger partial charge in [0.1, 0.15) is 0 Å². The van der Waals surface area contributed by atoms with Gasteiger partial charge in [0.15, 0.2) is 0 Å². The van der Waals surface area contributed by atoms with E-state index in [-0.39, 0.29) is 18.3 Å². The second-order valence-corrected chi connectivity index (χ2v) is 10.4. The summed E-state index contributed by atoms with van der Waals surface area (Å²) in [6, 6.07) is 29.2. The number of rotatable bonds is 9. The Morgan fingerprint density at radius 3 is 1.92 bits per heavy atom. The van der Waals surface area contributed by atoms with Gasteiger partial charge in [0.05, 0.1) is 17.1 Å². The number of nitrogens with zero attached hydrogens (tertiary/aromatic N) is 3. The first-order valence-electron chi connectivity index (χ1n) is 12.1. The van der Waals surface area contributed by atoms with Crippen molar-refractivity contribution in [3.8, 4) is 28.2 Å². The number of aromatic nitrogens is 1. The van der Waals surface area contributed by atoms with Gasteiger partial charge in [0, 0.05) is 29.7 Å². The average molecular weight is 582 g/mol. The van der Waals surface area contributed by atoms with E-state index in [4.69, 9.17) is 0 Å². The van der Waals surface area contributed by atoms with Gasteiger partial charge in [-0.2, -0.15) is 0 Å². The molecule has 0 atom stereocenters. The molecule has 0 aliphatic heterocycles. The molecule has 0 fully saturated rings. The molecule has 0 saturated carbocycles. The van der Waals surface area contributed by atoms with Gasteiger partial charge in [-0.3, -0.25) is 4.79 Å². The van der Waals surface area contributed by atoms with Crippen molar-refractivity contribution in [3.05, 3.63) is 101 Å². The monoisotopic (exact) mass is 580 g/mol. The van der Waals surface area contributed by atoms with Crippen LogP contribution in [0, 0.1) is 0 Å². The summed E-state index contributed by atoms with van der Waals surface area (Å²) >= 11 is 3.56. The normalized spacial score (nSPS) is 11.0. The van der Waals surface area contributed by atoms with Crippen LogP contribution in [0.25, 0.3) is 28.2 Å². The minimum absolute atomic E-state index is 0. The molecule has 0 bridgehead atoms. The Hall–Kier alpha value is -2.90. The largest absolute Gasteiger partial charge is 0.351 e. The molecule has 4 rings (SSSR count). The molecule has 0 unspecified atom stereocenters. The van der Waals surface area contributed by atoms with E-state index in [0.29, 0.717) is 12.1 Å². The highest BCUT2D eigenvalue weighted by molar-refractivity contribution is 9.10. The fourth-order valence-corrected chi connectivity index (χ4v) is 4.52. The number of hydrogen-bond acceptors (Lipinski definition) is 3. The highest BCUT2D eigenvalue weighted by Gasteiger charge is 2.17. The molecule has 1 amide bonds. The third-order valence-electron chi connectivity index (χ3n) is 6.03. The lowest BCUT2D eigenvalue weighted by molar-refractivity contribution is 0.0951. The van der Waals surface area contributed by atoms with Crippen LogP contribution in [0.5, 0.6) is 0 Å². The maximum Gasteiger partial charge on any atom is 0.251 e. The second-order valence-electron chi connectivity index (χ2n) is 9.45. The Labute approximate surface area is 234 Å². The van der Waals surface area contributed by atoms with Crippen molar-refractivity contribution in [1.82, 2.24) is 19.7 Å². The van der Waals surface area contributed by atoms with Crippen LogP contribution in [0.2, 0.25) is 0 Å². The van der Waals surface area contributed by atoms with Crippen LogP contribution in [-0.2, 0) is 6.54 Å². The summed E-state index contributed by atoms with van der Waals surface area (Å²) in [4.78, 5) is 16.8. The molecule has 194 valence electrons. The summed E-state index contributed by atoms with van der Waals surface area (Å²) in [5.74, 6) is -0.0503. The molecular formula is C30H34BrClN4O. The smallest absolute Gasteiger partial charge is 0.251 e. The fraction of sp³-hybridized carbons (Fsp3) is 0.233. The van der Waals surface area contributed by atoms with E-state index in [1.807, 2.05) is 38.4 Å². The number of carbonyl (C=O) groups is 1. The summed E-state index contributed by atoms with van der Waals surface area (Å²) < 4.78 is 3.38. The lowest BCUT2D eigenvalue weighted by Gasteiger charge is -2.20. The standard InChI is InChI=1S/C30H33BrN4O.ClH/c1-33(2)20-19-32-30(36)24-11-9-22(10-12-24)28-17-18-29(23-13-15-26(31)16-14-23)35(28)27-8-6-5-7-25(27)21-34(3)4;/h5-18H,19-21H2,1-4H3,(H,32,36);1H. The zero-order chi connectivity index (χ0) is 25.7. The van der Waals surface area contributed by atoms with Crippen LogP contribution in [0.1, 0.15) is 15.9 Å². The van der Waals surface area contributed by atoms with Crippen LogP contribution in [0.15, 0.2) is 89.4 Å². The number of amides is 1. The number of benzene rings is 3. The van der Waals surface area contributed by atoms with Gasteiger partial charge in [-0.05, 0) is 87.3 Å². The van der Waals surface area contributed by atoms with Crippen LogP contribution in [-0.4, -0.2) is 61.6 Å². The van der Waals surface area contributed by atoms with E-state index in [2.05, 4.69) is 110 Å². The second kappa shape index (κ2) is 13.1. The Balaban J connectivity index is 0.00000380. The Kier molecular flexibility index (Phi) is 10.1. The Bertz CT molecular complexity index is 1310. The maximum absolute atomic E-state index is 12.6. The molecule has 1 aromatic heterocycles. The lowest BCUT2D eigenvalue weighted by Crippen LogP contribution is -2.31. The van der Waals surface area contributed by atoms with Crippen molar-refractivity contribution in [3.63, 3.8) is 0 Å². The first-order chi connectivity index (χ1) is 17.3. The molecule has 0 spiro atoms. The van der Waals surface area contributed by atoms with Crippen molar-refractivity contribution < 1.29 is 4.79 Å². The predicted octanol–water partition coefficient (Wildman–Crippen LogP) is 6.35. The lowest BCUT2D eigenvalue weighted by atomic mass is 10.1. The SMILES string of the molecule is CN(C)CCNC(=O)c1ccc(-c2ccc(-c3ccc(Br)cc3)n2-c2ccccc2CN(C)C)cc1.Cl. The molecule has 0 saturated heterocycles. The molecule has 0 radical (unpaired) electrons. The Morgan fingerprint density at radius 2 is 1.35 bits per heavy atom. The van der Waals surface area contributed by atoms with E-state index in [0.717, 1.165) is 45.8 Å². The fourth-order valence-electron chi connectivity index (χ4n) is 4.26. The third kappa shape index (κ3) is 7.11. The number of likely N-dealkylation sites (N-methyl/N-ethyl adjacent to an activating group) is 1. The van der Waals surface area contributed by atoms with Crippen molar-refractivity contribution in [2.24, 2.45) is 0 Å². The van der Waals surface area contributed by atoms with E-state index >= 15 is 0 Å². The quantitative estimate of drug-likeness (QED) is 0.250. The predicted molar refractivity (Wildman–Crippen MR) is 160 cm³/mol. The van der Waals surface area contributed by atoms with Crippen LogP contribution >= 0.6 is 28.3 Å². The van der Waals surface area contributed by atoms with Gasteiger partial charge >= 0.3 is 0 Å². The number of nitrogens with one attached hydrogen (secondary N) is 1. The first kappa shape index (κ1) is 28.7. The number of para-hydroxylation sites is 1. The molecular weight excluding hydrogens is 548 g/mol. The van der Waals surface area contributed by atoms with Gasteiger partial charge in [-0.1, -0.05) is 58.4 Å². The summed E-state index contributed by atoms with van der Waals surface area (Å²) in [5, 5.41) is 2.99. The highest BCUT2D eigenvalue weighted by atomic mass is 79.9. The number of carbonyl (C=O) groups excluding carboxylic acids is 1. The van der Waals surface area contributed by atoms with Crippen molar-refractivity contribution in [2.45, 2.75) is 6.54 Å². The van der Waals surface area contributed by atoms with Crippen molar-refractivity contribution >= 4 is 34.2 Å². The molecule has 4 aromatic rings. The molecule has 5 nitrogen and oxygen atoms in total. The van der Waals surface area contributed by atoms with E-state index in [1.165, 1.54) is 5.56 Å². The molecule has 37 heavy (non-hydrogen) atoms. The van der Waals surface area contributed by atoms with Crippen molar-refractivity contribution in [2.75, 3.05) is 41.3 Å². The van der Waals surface area contributed by atoms with Crippen molar-refractivity contribution in [1.29, 1.82) is 0 Å². The van der Waals surface area contributed by atoms with Crippen LogP contribution < -0.4 is 5.32 Å². The summed E-state index contributed by atoms with van der Waals surface area (Å²) in [7, 11) is 8.17. The molecule has 0 aliphatic rings. The van der Waals surface area contributed by atoms with Gasteiger partial charge in [0.2, 0.25) is 0 Å². The molecule has 7 heteroatoms. The maximum atomic E-state index is 12.6. The average Bonchev–Trinajstić information content (AvgIpc) is 3.29. The number of hydrogen-bond donors (Lipinski definition) is 1. The van der Waals surface area contributed by atoms with Crippen LogP contribution in [0.4, 0.5) is 0 Å². The molecule has 3 aromatic carbocycles. The minimum Gasteiger partial charge on any atom is -0.351 e. The van der Waals surface area contributed by atoms with Gasteiger partial charge in [-0.25, -0.2) is 0 Å². The Morgan fingerprint density at radius 1 is 0.784 bits per heavy atom. The van der Waals surface area contributed by atoms with Crippen LogP contribution in [0.3, 0.4) is 0 Å². The number of halogens is 2. The molecule has 1 N–H and O–H groups in total. The topological polar surface area (TPSA) is 40.5 Å². The van der Waals surface area contributed by atoms with E-state index in [1.54, 1.807) is 0 Å². The summed E-state index contributed by atoms with van der Waals surface area (Å²) in [6.07, 6.45) is 0. The van der Waals surface area contributed by atoms with E-state index < -0.39 is 0 Å². The first-order valence-corrected chi connectivity index (χ1v) is 12.9. The zero-order valence-electron chi connectivity index (χ0n) is 21.7. The van der Waals surface area contributed by atoms with Gasteiger partial charge < -0.3 is 19.7 Å².